The summed E-state index contributed by atoms with van der Waals surface area (Å²) in [4.78, 5) is 11.6. The van der Waals surface area contributed by atoms with Gasteiger partial charge in [-0.3, -0.25) is 4.79 Å². The van der Waals surface area contributed by atoms with E-state index in [2.05, 4.69) is 17.4 Å². The number of rotatable bonds is 5. The van der Waals surface area contributed by atoms with Crippen molar-refractivity contribution in [1.29, 1.82) is 0 Å². The molecule has 0 fully saturated rings. The molecule has 0 saturated heterocycles. The Morgan fingerprint density at radius 2 is 2.33 bits per heavy atom. The molecule has 0 amide bonds. The van der Waals surface area contributed by atoms with Gasteiger partial charge >= 0.3 is 5.97 Å². The minimum Gasteiger partial charge on any atom is -0.463 e. The van der Waals surface area contributed by atoms with Crippen molar-refractivity contribution in [3.05, 3.63) is 11.0 Å². The molecule has 0 aromatic heterocycles. The molecule has 0 aliphatic carbocycles. The van der Waals surface area contributed by atoms with E-state index in [9.17, 15) is 4.79 Å². The summed E-state index contributed by atoms with van der Waals surface area (Å²) >= 11 is 4.07. The zero-order chi connectivity index (χ0) is 9.40. The molecule has 0 radical (unpaired) electrons. The summed E-state index contributed by atoms with van der Waals surface area (Å²) in [5, 5.41) is 8.34. The zero-order valence-corrected chi connectivity index (χ0v) is 8.01. The molecule has 12 heavy (non-hydrogen) atoms. The van der Waals surface area contributed by atoms with Gasteiger partial charge in [-0.2, -0.15) is 0 Å². The number of aliphatic hydroxyl groups is 1. The van der Waals surface area contributed by atoms with Crippen LogP contribution in [-0.4, -0.2) is 24.3 Å². The second-order valence-corrected chi connectivity index (χ2v) is 2.80. The van der Waals surface area contributed by atoms with E-state index in [1.165, 1.54) is 0 Å². The molecule has 0 unspecified atom stereocenters. The van der Waals surface area contributed by atoms with Crippen molar-refractivity contribution >= 4 is 18.6 Å². The Labute approximate surface area is 77.8 Å². The van der Waals surface area contributed by atoms with Gasteiger partial charge in [0.25, 0.3) is 0 Å². The first-order valence-corrected chi connectivity index (χ1v) is 4.30. The van der Waals surface area contributed by atoms with Crippen LogP contribution in [0.2, 0.25) is 0 Å². The third kappa shape index (κ3) is 6.24. The minimum atomic E-state index is -0.348. The lowest BCUT2D eigenvalue weighted by molar-refractivity contribution is -0.143. The Kier molecular flexibility index (Phi) is 6.90. The molecule has 0 atom stereocenters. The van der Waals surface area contributed by atoms with Gasteiger partial charge in [0.2, 0.25) is 0 Å². The second kappa shape index (κ2) is 7.18. The van der Waals surface area contributed by atoms with Crippen LogP contribution in [0.25, 0.3) is 0 Å². The second-order valence-electron chi connectivity index (χ2n) is 2.22. The molecule has 0 bridgehead atoms. The van der Waals surface area contributed by atoms with Crippen LogP contribution >= 0.6 is 12.6 Å². The van der Waals surface area contributed by atoms with Crippen LogP contribution in [0.3, 0.4) is 0 Å². The maximum atomic E-state index is 10.9. The average molecular weight is 190 g/mol. The van der Waals surface area contributed by atoms with E-state index in [-0.39, 0.29) is 25.6 Å². The van der Waals surface area contributed by atoms with Crippen molar-refractivity contribution in [3.8, 4) is 0 Å². The molecule has 1 N–H and O–H groups in total. The number of carbonyl (C=O) groups is 1. The van der Waals surface area contributed by atoms with E-state index >= 15 is 0 Å². The average Bonchev–Trinajstić information content (AvgIpc) is 2.01. The number of thiol groups is 1. The molecule has 0 spiro atoms. The normalized spacial score (nSPS) is 11.4. The van der Waals surface area contributed by atoms with Crippen LogP contribution in [0.4, 0.5) is 0 Å². The third-order valence-corrected chi connectivity index (χ3v) is 1.46. The maximum absolute atomic E-state index is 10.9. The minimum absolute atomic E-state index is 0.0615. The van der Waals surface area contributed by atoms with E-state index in [4.69, 9.17) is 5.11 Å². The topological polar surface area (TPSA) is 46.5 Å². The molecule has 0 heterocycles. The molecule has 0 aromatic carbocycles. The number of carbonyl (C=O) groups excluding carboxylic acids is 1. The van der Waals surface area contributed by atoms with Crippen molar-refractivity contribution in [2.75, 3.05) is 13.2 Å². The third-order valence-electron chi connectivity index (χ3n) is 1.12. The zero-order valence-electron chi connectivity index (χ0n) is 7.12. The van der Waals surface area contributed by atoms with E-state index in [0.717, 1.165) is 6.42 Å². The fourth-order valence-electron chi connectivity index (χ4n) is 0.666. The molecular formula is C8H14O3S. The lowest BCUT2D eigenvalue weighted by Crippen LogP contribution is -2.07. The van der Waals surface area contributed by atoms with E-state index in [0.29, 0.717) is 4.91 Å². The SMILES string of the molecule is CCC=C(S)CC(=O)OCCO. The fourth-order valence-corrected chi connectivity index (χ4v) is 0.978. The van der Waals surface area contributed by atoms with Crippen molar-refractivity contribution in [3.63, 3.8) is 0 Å². The Bertz CT molecular complexity index is 166. The summed E-state index contributed by atoms with van der Waals surface area (Å²) in [7, 11) is 0. The largest absolute Gasteiger partial charge is 0.463 e. The predicted octanol–water partition coefficient (Wildman–Crippen LogP) is 1.14. The summed E-state index contributed by atoms with van der Waals surface area (Å²) in [5.41, 5.74) is 0. The molecular weight excluding hydrogens is 176 g/mol. The lowest BCUT2D eigenvalue weighted by atomic mass is 10.3. The highest BCUT2D eigenvalue weighted by Gasteiger charge is 2.02. The predicted molar refractivity (Wildman–Crippen MR) is 50.0 cm³/mol. The van der Waals surface area contributed by atoms with Crippen LogP contribution in [-0.2, 0) is 9.53 Å². The van der Waals surface area contributed by atoms with Crippen LogP contribution < -0.4 is 0 Å². The van der Waals surface area contributed by atoms with E-state index < -0.39 is 0 Å². The summed E-state index contributed by atoms with van der Waals surface area (Å²) < 4.78 is 4.63. The molecule has 0 rings (SSSR count). The Morgan fingerprint density at radius 3 is 2.83 bits per heavy atom. The van der Waals surface area contributed by atoms with Crippen LogP contribution in [0.1, 0.15) is 19.8 Å². The molecule has 3 nitrogen and oxygen atoms in total. The molecule has 0 aliphatic heterocycles. The van der Waals surface area contributed by atoms with Crippen LogP contribution in [0, 0.1) is 0 Å². The summed E-state index contributed by atoms with van der Waals surface area (Å²) in [6.45, 7) is 1.90. The van der Waals surface area contributed by atoms with Gasteiger partial charge in [0.05, 0.1) is 13.0 Å². The summed E-state index contributed by atoms with van der Waals surface area (Å²) in [6.07, 6.45) is 2.90. The first-order chi connectivity index (χ1) is 5.70. The Morgan fingerprint density at radius 1 is 1.67 bits per heavy atom. The van der Waals surface area contributed by atoms with E-state index in [1.54, 1.807) is 0 Å². The smallest absolute Gasteiger partial charge is 0.310 e. The number of ether oxygens (including phenoxy) is 1. The Balaban J connectivity index is 3.61. The van der Waals surface area contributed by atoms with Gasteiger partial charge in [0.15, 0.2) is 0 Å². The van der Waals surface area contributed by atoms with Gasteiger partial charge in [-0.1, -0.05) is 13.0 Å². The first kappa shape index (κ1) is 11.5. The van der Waals surface area contributed by atoms with Crippen LogP contribution in [0.5, 0.6) is 0 Å². The summed E-state index contributed by atoms with van der Waals surface area (Å²) in [6, 6.07) is 0. The van der Waals surface area contributed by atoms with Gasteiger partial charge in [-0.05, 0) is 11.3 Å². The molecule has 70 valence electrons. The standard InChI is InChI=1S/C8H14O3S/c1-2-3-7(12)6-8(10)11-5-4-9/h3,9,12H,2,4-6H2,1H3. The van der Waals surface area contributed by atoms with Crippen LogP contribution in [0.15, 0.2) is 11.0 Å². The number of allylic oxidation sites excluding steroid dienone is 1. The van der Waals surface area contributed by atoms with Crippen molar-refractivity contribution < 1.29 is 14.6 Å². The van der Waals surface area contributed by atoms with Crippen molar-refractivity contribution in [1.82, 2.24) is 0 Å². The first-order valence-electron chi connectivity index (χ1n) is 3.85. The van der Waals surface area contributed by atoms with Gasteiger partial charge in [0.1, 0.15) is 6.61 Å². The quantitative estimate of drug-likeness (QED) is 0.504. The molecule has 4 heteroatoms. The molecule has 0 saturated carbocycles. The number of aliphatic hydroxyl groups excluding tert-OH is 1. The molecule has 0 aromatic rings. The Hall–Kier alpha value is -0.480. The van der Waals surface area contributed by atoms with Gasteiger partial charge in [-0.15, -0.1) is 12.6 Å². The van der Waals surface area contributed by atoms with Gasteiger partial charge in [0, 0.05) is 0 Å². The highest BCUT2D eigenvalue weighted by Crippen LogP contribution is 2.08. The summed E-state index contributed by atoms with van der Waals surface area (Å²) in [5.74, 6) is -0.348. The lowest BCUT2D eigenvalue weighted by Gasteiger charge is -2.01. The maximum Gasteiger partial charge on any atom is 0.310 e. The molecule has 0 aliphatic rings. The number of hydrogen-bond acceptors (Lipinski definition) is 4. The fraction of sp³-hybridized carbons (Fsp3) is 0.625. The number of esters is 1. The highest BCUT2D eigenvalue weighted by molar-refractivity contribution is 7.84. The van der Waals surface area contributed by atoms with Crippen molar-refractivity contribution in [2.45, 2.75) is 19.8 Å². The van der Waals surface area contributed by atoms with Gasteiger partial charge < -0.3 is 9.84 Å². The van der Waals surface area contributed by atoms with Crippen molar-refractivity contribution in [2.24, 2.45) is 0 Å². The monoisotopic (exact) mass is 190 g/mol. The van der Waals surface area contributed by atoms with Gasteiger partial charge in [-0.25, -0.2) is 0 Å². The van der Waals surface area contributed by atoms with E-state index in [1.807, 2.05) is 13.0 Å². The number of hydrogen-bond donors (Lipinski definition) is 2. The highest BCUT2D eigenvalue weighted by atomic mass is 32.1.